The number of rotatable bonds is 14. The van der Waals surface area contributed by atoms with Crippen LogP contribution in [0.25, 0.3) is 0 Å². The summed E-state index contributed by atoms with van der Waals surface area (Å²) in [5.41, 5.74) is 0.829. The zero-order valence-corrected chi connectivity index (χ0v) is 29.7. The van der Waals surface area contributed by atoms with Gasteiger partial charge in [0.05, 0.1) is 24.2 Å². The van der Waals surface area contributed by atoms with E-state index in [-0.39, 0.29) is 62.6 Å². The van der Waals surface area contributed by atoms with Crippen molar-refractivity contribution in [1.29, 1.82) is 0 Å². The standard InChI is InChI=1S/C33H35Cl2F2N3O8S.H2O/c1-39(2)31(41)23-14-21(9-11-27(23)45-3)49(43,44)40-12-4-5-26(40)32(42)47-29(15-22-24(34)16-38-17-25(22)35)20-8-10-28(48-33(36)37)30(13-20)46-18-19-6-7-19;/h8-11,13-14,16-17,19,26,29,33H,4-7,12,15,18H2,1-3H3;1H2/t26-,29-;/m0./s1. The maximum absolute atomic E-state index is 14.0. The highest BCUT2D eigenvalue weighted by atomic mass is 35.5. The second kappa shape index (κ2) is 16.5. The van der Waals surface area contributed by atoms with E-state index >= 15 is 0 Å². The largest absolute Gasteiger partial charge is 0.870 e. The highest BCUT2D eigenvalue weighted by Crippen LogP contribution is 2.39. The number of benzene rings is 2. The number of H-pyrrole nitrogens is 1. The van der Waals surface area contributed by atoms with Crippen LogP contribution < -0.4 is 19.2 Å². The number of halogens is 4. The molecule has 2 heterocycles. The Morgan fingerprint density at radius 3 is 2.32 bits per heavy atom. The summed E-state index contributed by atoms with van der Waals surface area (Å²) in [6.07, 6.45) is 4.32. The lowest BCUT2D eigenvalue weighted by atomic mass is 10.0. The van der Waals surface area contributed by atoms with Crippen molar-refractivity contribution in [3.05, 3.63) is 75.5 Å². The second-order valence-electron chi connectivity index (χ2n) is 11.9. The van der Waals surface area contributed by atoms with E-state index in [2.05, 4.69) is 9.72 Å². The number of hydrogen-bond donors (Lipinski definition) is 0. The van der Waals surface area contributed by atoms with Crippen molar-refractivity contribution in [2.45, 2.75) is 55.8 Å². The van der Waals surface area contributed by atoms with Crippen molar-refractivity contribution in [2.24, 2.45) is 5.92 Å². The number of nitrogens with one attached hydrogen (secondary N) is 1. The lowest BCUT2D eigenvalue weighted by Crippen LogP contribution is -2.42. The van der Waals surface area contributed by atoms with Gasteiger partial charge in [0.2, 0.25) is 10.0 Å². The summed E-state index contributed by atoms with van der Waals surface area (Å²) in [6, 6.07) is 6.94. The third-order valence-corrected chi connectivity index (χ3v) is 10.8. The van der Waals surface area contributed by atoms with Gasteiger partial charge in [0, 0.05) is 32.6 Å². The van der Waals surface area contributed by atoms with E-state index in [4.69, 9.17) is 37.4 Å². The number of aromatic amines is 1. The molecule has 2 atom stereocenters. The second-order valence-corrected chi connectivity index (χ2v) is 14.6. The first-order chi connectivity index (χ1) is 23.3. The number of alkyl halides is 2. The number of nitrogens with zero attached hydrogens (tertiary/aromatic N) is 2. The molecule has 0 radical (unpaired) electrons. The number of sulfonamides is 1. The smallest absolute Gasteiger partial charge is 0.387 e. The topological polar surface area (TPSA) is 156 Å². The quantitative estimate of drug-likeness (QED) is 0.196. The van der Waals surface area contributed by atoms with Crippen molar-refractivity contribution >= 4 is 45.1 Å². The fraction of sp³-hybridized carbons (Fsp3) is 0.424. The van der Waals surface area contributed by atoms with E-state index in [1.165, 1.54) is 74.9 Å². The van der Waals surface area contributed by atoms with Gasteiger partial charge in [-0.15, -0.1) is 0 Å². The van der Waals surface area contributed by atoms with E-state index in [1.54, 1.807) is 0 Å². The Bertz CT molecular complexity index is 1790. The van der Waals surface area contributed by atoms with E-state index in [0.717, 1.165) is 17.1 Å². The van der Waals surface area contributed by atoms with Gasteiger partial charge in [0.25, 0.3) is 5.91 Å². The van der Waals surface area contributed by atoms with Gasteiger partial charge in [-0.1, -0.05) is 29.3 Å². The van der Waals surface area contributed by atoms with E-state index < -0.39 is 40.7 Å². The minimum Gasteiger partial charge on any atom is -0.870 e. The van der Waals surface area contributed by atoms with Crippen molar-refractivity contribution in [1.82, 2.24) is 9.21 Å². The van der Waals surface area contributed by atoms with E-state index in [9.17, 15) is 26.8 Å². The molecule has 1 aliphatic carbocycles. The summed E-state index contributed by atoms with van der Waals surface area (Å²) in [6.45, 7) is -2.78. The van der Waals surface area contributed by atoms with Gasteiger partial charge in [0.1, 0.15) is 27.9 Å². The van der Waals surface area contributed by atoms with E-state index in [1.807, 2.05) is 0 Å². The first-order valence-electron chi connectivity index (χ1n) is 15.5. The predicted octanol–water partition coefficient (Wildman–Crippen LogP) is 5.41. The molecular formula is C33H37Cl2F2N3O9S. The number of carbonyl (C=O) groups excluding carboxylic acids is 2. The Balaban J connectivity index is 0.00000562. The normalized spacial score (nSPS) is 16.8. The number of methoxy groups -OCH3 is 1. The summed E-state index contributed by atoms with van der Waals surface area (Å²) in [5, 5.41) is 0.508. The molecule has 1 amide bonds. The summed E-state index contributed by atoms with van der Waals surface area (Å²) in [4.78, 5) is 30.7. The molecule has 5 rings (SSSR count). The number of hydrogen-bond acceptors (Lipinski definition) is 9. The van der Waals surface area contributed by atoms with Gasteiger partial charge in [-0.05, 0) is 67.5 Å². The highest BCUT2D eigenvalue weighted by molar-refractivity contribution is 7.89. The minimum absolute atomic E-state index is 0. The van der Waals surface area contributed by atoms with Crippen molar-refractivity contribution in [3.8, 4) is 17.2 Å². The summed E-state index contributed by atoms with van der Waals surface area (Å²) < 4.78 is 77.3. The minimum atomic E-state index is -4.29. The van der Waals surface area contributed by atoms with Crippen LogP contribution in [0, 0.1) is 5.92 Å². The summed E-state index contributed by atoms with van der Waals surface area (Å²) >= 11 is 12.9. The van der Waals surface area contributed by atoms with Crippen LogP contribution in [-0.2, 0) is 26.0 Å². The van der Waals surface area contributed by atoms with E-state index in [0.29, 0.717) is 30.1 Å². The molecule has 1 aliphatic heterocycles. The SMILES string of the molecule is COc1ccc(S(=O)(=O)N2CCC[C@H]2C(=O)O[C@@H](Cc2c(Cl)c[nH+]cc2Cl)c2ccc(OC(F)F)c(OCC3CC3)c2)cc1C(=O)N(C)C.[OH-]. The Kier molecular flexibility index (Phi) is 12.9. The average Bonchev–Trinajstić information content (AvgIpc) is 3.76. The molecule has 1 saturated carbocycles. The molecular weight excluding hydrogens is 723 g/mol. The fourth-order valence-electron chi connectivity index (χ4n) is 5.48. The molecule has 2 fully saturated rings. The fourth-order valence-corrected chi connectivity index (χ4v) is 7.69. The zero-order chi connectivity index (χ0) is 35.5. The van der Waals surface area contributed by atoms with Gasteiger partial charge in [-0.3, -0.25) is 9.59 Å². The van der Waals surface area contributed by atoms with Crippen LogP contribution in [0.5, 0.6) is 17.2 Å². The molecule has 2 N–H and O–H groups in total. The number of aromatic nitrogens is 1. The van der Waals surface area contributed by atoms with Gasteiger partial charge in [-0.2, -0.15) is 13.1 Å². The lowest BCUT2D eigenvalue weighted by Gasteiger charge is -2.26. The maximum Gasteiger partial charge on any atom is 0.387 e. The van der Waals surface area contributed by atoms with Crippen molar-refractivity contribution in [3.63, 3.8) is 0 Å². The first kappa shape index (κ1) is 39.0. The third kappa shape index (κ3) is 8.93. The van der Waals surface area contributed by atoms with Gasteiger partial charge in [0.15, 0.2) is 23.9 Å². The Morgan fingerprint density at radius 2 is 1.70 bits per heavy atom. The van der Waals surface area contributed by atoms with Crippen LogP contribution in [0.15, 0.2) is 53.7 Å². The predicted molar refractivity (Wildman–Crippen MR) is 177 cm³/mol. The maximum atomic E-state index is 14.0. The molecule has 2 aromatic carbocycles. The molecule has 12 nitrogen and oxygen atoms in total. The first-order valence-corrected chi connectivity index (χ1v) is 17.7. The molecule has 272 valence electrons. The molecule has 3 aromatic rings. The monoisotopic (exact) mass is 759 g/mol. The summed E-state index contributed by atoms with van der Waals surface area (Å²) in [7, 11) is 0.135. The van der Waals surface area contributed by atoms with Crippen LogP contribution in [0.1, 0.15) is 53.3 Å². The van der Waals surface area contributed by atoms with Gasteiger partial charge >= 0.3 is 12.6 Å². The lowest BCUT2D eigenvalue weighted by molar-refractivity contribution is -0.377. The molecule has 0 spiro atoms. The van der Waals surface area contributed by atoms with Crippen molar-refractivity contribution < 1.29 is 56.2 Å². The molecule has 0 bridgehead atoms. The third-order valence-electron chi connectivity index (χ3n) is 8.26. The Hall–Kier alpha value is -3.76. The van der Waals surface area contributed by atoms with Crippen molar-refractivity contribution in [2.75, 3.05) is 34.4 Å². The van der Waals surface area contributed by atoms with Crippen LogP contribution in [0.3, 0.4) is 0 Å². The molecule has 1 aromatic heterocycles. The molecule has 2 aliphatic rings. The zero-order valence-electron chi connectivity index (χ0n) is 27.4. The number of amides is 1. The number of ether oxygens (including phenoxy) is 4. The number of carbonyl (C=O) groups is 2. The molecule has 50 heavy (non-hydrogen) atoms. The van der Waals surface area contributed by atoms with Crippen LogP contribution in [-0.4, -0.2) is 82.0 Å². The Morgan fingerprint density at radius 1 is 1.02 bits per heavy atom. The molecule has 17 heteroatoms. The van der Waals surface area contributed by atoms with Crippen LogP contribution in [0.4, 0.5) is 8.78 Å². The molecule has 0 unspecified atom stereocenters. The average molecular weight is 761 g/mol. The van der Waals surface area contributed by atoms with Crippen LogP contribution in [0.2, 0.25) is 10.0 Å². The van der Waals surface area contributed by atoms with Crippen LogP contribution >= 0.6 is 23.2 Å². The number of esters is 1. The van der Waals surface area contributed by atoms with Gasteiger partial charge < -0.3 is 29.3 Å². The highest BCUT2D eigenvalue weighted by Gasteiger charge is 2.42. The summed E-state index contributed by atoms with van der Waals surface area (Å²) in [5.74, 6) is -0.957. The number of pyridine rings is 1. The Labute approximate surface area is 298 Å². The van der Waals surface area contributed by atoms with Gasteiger partial charge in [-0.25, -0.2) is 13.4 Å². The molecule has 1 saturated heterocycles.